The highest BCUT2D eigenvalue weighted by Crippen LogP contribution is 2.23. The summed E-state index contributed by atoms with van der Waals surface area (Å²) < 4.78 is 2.40. The molecule has 2 aromatic rings. The number of nitrogens with zero attached hydrogens (tertiary/aromatic N) is 1. The van der Waals surface area contributed by atoms with Gasteiger partial charge in [-0.3, -0.25) is 0 Å². The normalized spacial score (nSPS) is 11.2. The second kappa shape index (κ2) is 4.71. The van der Waals surface area contributed by atoms with Gasteiger partial charge in [-0.25, -0.2) is 0 Å². The van der Waals surface area contributed by atoms with Crippen LogP contribution < -0.4 is 5.32 Å². The van der Waals surface area contributed by atoms with Crippen LogP contribution in [0.1, 0.15) is 18.2 Å². The summed E-state index contributed by atoms with van der Waals surface area (Å²) in [6.45, 7) is 6.48. The van der Waals surface area contributed by atoms with Gasteiger partial charge >= 0.3 is 0 Å². The smallest absolute Gasteiger partial charge is 0.0515 e. The maximum Gasteiger partial charge on any atom is 0.0515 e. The summed E-state index contributed by atoms with van der Waals surface area (Å²) in [5.74, 6) is 0. The van der Waals surface area contributed by atoms with Crippen molar-refractivity contribution in [3.8, 4) is 0 Å². The minimum absolute atomic E-state index is 1.03. The van der Waals surface area contributed by atoms with Gasteiger partial charge in [0, 0.05) is 17.6 Å². The predicted octanol–water partition coefficient (Wildman–Crippen LogP) is 2.73. The van der Waals surface area contributed by atoms with E-state index in [1.165, 1.54) is 22.2 Å². The van der Waals surface area contributed by atoms with Crippen LogP contribution >= 0.6 is 0 Å². The molecule has 0 saturated heterocycles. The van der Waals surface area contributed by atoms with E-state index in [-0.39, 0.29) is 0 Å². The molecule has 0 aliphatic rings. The van der Waals surface area contributed by atoms with Crippen LogP contribution in [0.4, 0.5) is 0 Å². The lowest BCUT2D eigenvalue weighted by Crippen LogP contribution is -2.11. The van der Waals surface area contributed by atoms with Gasteiger partial charge in [-0.05, 0) is 45.5 Å². The Morgan fingerprint density at radius 3 is 2.81 bits per heavy atom. The molecule has 0 aliphatic heterocycles. The molecule has 1 aromatic heterocycles. The molecule has 0 saturated carbocycles. The Bertz CT molecular complexity index is 483. The highest BCUT2D eigenvalue weighted by Gasteiger charge is 2.07. The molecule has 2 rings (SSSR count). The van der Waals surface area contributed by atoms with Crippen molar-refractivity contribution in [3.63, 3.8) is 0 Å². The molecule has 0 radical (unpaired) electrons. The zero-order valence-corrected chi connectivity index (χ0v) is 10.4. The van der Waals surface area contributed by atoms with Gasteiger partial charge in [0.05, 0.1) is 5.52 Å². The van der Waals surface area contributed by atoms with Crippen LogP contribution in [0.15, 0.2) is 24.3 Å². The lowest BCUT2D eigenvalue weighted by Gasteiger charge is -2.09. The lowest BCUT2D eigenvalue weighted by atomic mass is 10.1. The number of likely N-dealkylation sites (N-methyl/N-ethyl adjacent to an activating group) is 1. The fourth-order valence-electron chi connectivity index (χ4n) is 2.41. The highest BCUT2D eigenvalue weighted by molar-refractivity contribution is 5.84. The summed E-state index contributed by atoms with van der Waals surface area (Å²) in [4.78, 5) is 0. The van der Waals surface area contributed by atoms with Gasteiger partial charge in [-0.2, -0.15) is 0 Å². The number of aryl methyl sites for hydroxylation is 2. The van der Waals surface area contributed by atoms with Gasteiger partial charge in [0.25, 0.3) is 0 Å². The van der Waals surface area contributed by atoms with E-state index < -0.39 is 0 Å². The molecular formula is C14H20N2. The van der Waals surface area contributed by atoms with Gasteiger partial charge in [0.15, 0.2) is 0 Å². The van der Waals surface area contributed by atoms with Gasteiger partial charge in [-0.1, -0.05) is 18.2 Å². The van der Waals surface area contributed by atoms with E-state index in [1.54, 1.807) is 0 Å². The molecule has 86 valence electrons. The minimum atomic E-state index is 1.03. The molecule has 1 aromatic carbocycles. The van der Waals surface area contributed by atoms with E-state index in [4.69, 9.17) is 0 Å². The molecule has 0 unspecified atom stereocenters. The topological polar surface area (TPSA) is 17.0 Å². The van der Waals surface area contributed by atoms with E-state index in [0.717, 1.165) is 19.5 Å². The maximum atomic E-state index is 3.22. The van der Waals surface area contributed by atoms with Crippen molar-refractivity contribution < 1.29 is 0 Å². The van der Waals surface area contributed by atoms with Crippen LogP contribution in [0.2, 0.25) is 0 Å². The van der Waals surface area contributed by atoms with E-state index in [0.29, 0.717) is 0 Å². The van der Waals surface area contributed by atoms with E-state index >= 15 is 0 Å². The van der Waals surface area contributed by atoms with Gasteiger partial charge in [0.2, 0.25) is 0 Å². The average Bonchev–Trinajstić information content (AvgIpc) is 2.62. The average molecular weight is 216 g/mol. The third kappa shape index (κ3) is 1.85. The zero-order chi connectivity index (χ0) is 11.5. The number of benzene rings is 1. The SMILES string of the molecule is CCn1c(C)cc2cccc(CCNC)c21. The third-order valence-electron chi connectivity index (χ3n) is 3.17. The molecule has 0 atom stereocenters. The fourth-order valence-corrected chi connectivity index (χ4v) is 2.41. The zero-order valence-electron chi connectivity index (χ0n) is 10.4. The van der Waals surface area contributed by atoms with Crippen molar-refractivity contribution in [1.82, 2.24) is 9.88 Å². The standard InChI is InChI=1S/C14H20N2/c1-4-16-11(2)10-13-7-5-6-12(14(13)16)8-9-15-3/h5-7,10,15H,4,8-9H2,1-3H3. The Morgan fingerprint density at radius 2 is 2.12 bits per heavy atom. The first-order valence-corrected chi connectivity index (χ1v) is 6.00. The quantitative estimate of drug-likeness (QED) is 0.831. The van der Waals surface area contributed by atoms with Crippen LogP contribution in [0.3, 0.4) is 0 Å². The number of para-hydroxylation sites is 1. The number of hydrogen-bond acceptors (Lipinski definition) is 1. The number of aromatic nitrogens is 1. The lowest BCUT2D eigenvalue weighted by molar-refractivity contribution is 0.754. The summed E-state index contributed by atoms with van der Waals surface area (Å²) in [6.07, 6.45) is 1.09. The minimum Gasteiger partial charge on any atom is -0.345 e. The molecule has 0 aliphatic carbocycles. The number of rotatable bonds is 4. The third-order valence-corrected chi connectivity index (χ3v) is 3.17. The molecule has 0 bridgehead atoms. The van der Waals surface area contributed by atoms with E-state index in [1.807, 2.05) is 7.05 Å². The van der Waals surface area contributed by atoms with Crippen LogP contribution in [0, 0.1) is 6.92 Å². The summed E-state index contributed by atoms with van der Waals surface area (Å²) in [7, 11) is 2.00. The molecule has 0 amide bonds. The predicted molar refractivity (Wildman–Crippen MR) is 70.0 cm³/mol. The second-order valence-electron chi connectivity index (χ2n) is 4.24. The monoisotopic (exact) mass is 216 g/mol. The van der Waals surface area contributed by atoms with Crippen molar-refractivity contribution in [2.75, 3.05) is 13.6 Å². The van der Waals surface area contributed by atoms with Gasteiger partial charge < -0.3 is 9.88 Å². The molecule has 2 nitrogen and oxygen atoms in total. The summed E-state index contributed by atoms with van der Waals surface area (Å²) in [5.41, 5.74) is 4.22. The maximum absolute atomic E-state index is 3.22. The van der Waals surface area contributed by atoms with Crippen molar-refractivity contribution in [1.29, 1.82) is 0 Å². The summed E-state index contributed by atoms with van der Waals surface area (Å²) in [5, 5.41) is 4.58. The van der Waals surface area contributed by atoms with Crippen LogP contribution in [0.25, 0.3) is 10.9 Å². The second-order valence-corrected chi connectivity index (χ2v) is 4.24. The first-order valence-electron chi connectivity index (χ1n) is 6.00. The molecule has 1 heterocycles. The van der Waals surface area contributed by atoms with Crippen LogP contribution in [-0.4, -0.2) is 18.2 Å². The molecule has 1 N–H and O–H groups in total. The first-order chi connectivity index (χ1) is 7.77. The van der Waals surface area contributed by atoms with Crippen LogP contribution in [-0.2, 0) is 13.0 Å². The molecular weight excluding hydrogens is 196 g/mol. The highest BCUT2D eigenvalue weighted by atomic mass is 15.0. The Morgan fingerprint density at radius 1 is 1.31 bits per heavy atom. The number of nitrogens with one attached hydrogen (secondary N) is 1. The number of hydrogen-bond donors (Lipinski definition) is 1. The Kier molecular flexibility index (Phi) is 3.30. The molecule has 0 spiro atoms. The van der Waals surface area contributed by atoms with Crippen molar-refractivity contribution in [2.24, 2.45) is 0 Å². The first kappa shape index (κ1) is 11.2. The Balaban J connectivity index is 2.55. The summed E-state index contributed by atoms with van der Waals surface area (Å²) >= 11 is 0. The van der Waals surface area contributed by atoms with Crippen molar-refractivity contribution >= 4 is 10.9 Å². The van der Waals surface area contributed by atoms with E-state index in [2.05, 4.69) is 48.0 Å². The van der Waals surface area contributed by atoms with Gasteiger partial charge in [0.1, 0.15) is 0 Å². The summed E-state index contributed by atoms with van der Waals surface area (Å²) in [6, 6.07) is 8.89. The Hall–Kier alpha value is -1.28. The van der Waals surface area contributed by atoms with Crippen LogP contribution in [0.5, 0.6) is 0 Å². The fraction of sp³-hybridized carbons (Fsp3) is 0.429. The van der Waals surface area contributed by atoms with Gasteiger partial charge in [-0.15, -0.1) is 0 Å². The molecule has 2 heteroatoms. The molecule has 16 heavy (non-hydrogen) atoms. The number of fused-ring (bicyclic) bond motifs is 1. The van der Waals surface area contributed by atoms with Crippen molar-refractivity contribution in [3.05, 3.63) is 35.5 Å². The molecule has 0 fully saturated rings. The Labute approximate surface area is 97.3 Å². The van der Waals surface area contributed by atoms with Crippen molar-refractivity contribution in [2.45, 2.75) is 26.8 Å². The largest absolute Gasteiger partial charge is 0.345 e. The van der Waals surface area contributed by atoms with E-state index in [9.17, 15) is 0 Å².